The van der Waals surface area contributed by atoms with Gasteiger partial charge in [-0.2, -0.15) is 4.98 Å². The van der Waals surface area contributed by atoms with E-state index in [-0.39, 0.29) is 17.7 Å². The molecule has 179 valence electrons. The first-order valence-electron chi connectivity index (χ1n) is 11.6. The molecule has 4 aromatic rings. The number of anilines is 2. The molecule has 9 nitrogen and oxygen atoms in total. The lowest BCUT2D eigenvalue weighted by Gasteiger charge is -2.35. The van der Waals surface area contributed by atoms with Gasteiger partial charge in [-0.05, 0) is 45.0 Å². The summed E-state index contributed by atoms with van der Waals surface area (Å²) in [6.07, 6.45) is 3.60. The number of fused-ring (bicyclic) bond motifs is 2. The van der Waals surface area contributed by atoms with Gasteiger partial charge in [0.1, 0.15) is 11.6 Å². The highest BCUT2D eigenvalue weighted by Gasteiger charge is 2.47. The van der Waals surface area contributed by atoms with Crippen molar-refractivity contribution in [3.05, 3.63) is 36.3 Å². The molecule has 4 aromatic heterocycles. The monoisotopic (exact) mass is 491 g/mol. The molecule has 1 N–H and O–H groups in total. The van der Waals surface area contributed by atoms with Crippen molar-refractivity contribution >= 4 is 48.0 Å². The number of amides is 1. The third-order valence-electron chi connectivity index (χ3n) is 6.33. The van der Waals surface area contributed by atoms with E-state index in [0.717, 1.165) is 35.4 Å². The maximum atomic E-state index is 13.3. The van der Waals surface area contributed by atoms with Crippen molar-refractivity contribution in [2.45, 2.75) is 44.8 Å². The van der Waals surface area contributed by atoms with Crippen LogP contribution >= 0.6 is 0 Å². The van der Waals surface area contributed by atoms with E-state index in [1.807, 2.05) is 19.1 Å². The highest BCUT2D eigenvalue weighted by Crippen LogP contribution is 2.33. The number of morpholine rings is 1. The van der Waals surface area contributed by atoms with Crippen LogP contribution in [0, 0.1) is 6.92 Å². The molecule has 2 saturated heterocycles. The zero-order chi connectivity index (χ0) is 24.3. The lowest BCUT2D eigenvalue weighted by molar-refractivity contribution is -0.00544. The van der Waals surface area contributed by atoms with Crippen LogP contribution in [0.4, 0.5) is 20.8 Å². The maximum Gasteiger partial charge on any atom is 0.231 e. The predicted molar refractivity (Wildman–Crippen MR) is 132 cm³/mol. The Balaban J connectivity index is 1.37. The van der Waals surface area contributed by atoms with Crippen LogP contribution in [0.25, 0.3) is 33.5 Å². The largest absolute Gasteiger partial charge is 0.434 e. The summed E-state index contributed by atoms with van der Waals surface area (Å²) in [5.74, 6) is 0.614. The molecule has 6 rings (SSSR count). The zero-order valence-electron chi connectivity index (χ0n) is 19.6. The number of oxazole rings is 1. The molecule has 1 radical (unpaired) electrons. The van der Waals surface area contributed by atoms with Crippen LogP contribution in [-0.2, 0) is 4.74 Å². The lowest BCUT2D eigenvalue weighted by Crippen LogP contribution is -2.45. The summed E-state index contributed by atoms with van der Waals surface area (Å²) in [6, 6.07) is 5.93. The van der Waals surface area contributed by atoms with Gasteiger partial charge < -0.3 is 19.4 Å². The second-order valence-corrected chi connectivity index (χ2v) is 11.7. The number of halogens is 1. The van der Waals surface area contributed by atoms with Crippen molar-refractivity contribution in [1.82, 2.24) is 19.9 Å². The van der Waals surface area contributed by atoms with Crippen molar-refractivity contribution < 1.29 is 18.3 Å². The number of carbonyl (C=O) groups is 1. The predicted octanol–water partition coefficient (Wildman–Crippen LogP) is 4.25. The molecule has 0 unspecified atom stereocenters. The van der Waals surface area contributed by atoms with Gasteiger partial charge in [0.15, 0.2) is 11.1 Å². The third kappa shape index (κ3) is 4.14. The number of hydrogen-bond acceptors (Lipinski definition) is 8. The molecule has 2 aliphatic heterocycles. The van der Waals surface area contributed by atoms with Crippen LogP contribution < -0.4 is 10.2 Å². The standard InChI is InChI=1S/C24H24FN6O3Si/c1-12-9-31(10-13(2)33-12)21-5-4-18-22(29-21)30-23(34-18)17-8-26-14(3)16-7-27-20(6-15(16)17)28-24(32)35-11-19(35)25/h4-8,12-13,19H,9-11H2,1-3H3,(H,27,28,32)/t12-,13+,19-/m1/s1. The Labute approximate surface area is 202 Å². The minimum Gasteiger partial charge on any atom is -0.434 e. The van der Waals surface area contributed by atoms with Gasteiger partial charge in [0.05, 0.1) is 23.6 Å². The Bertz CT molecular complexity index is 1450. The topological polar surface area (TPSA) is 106 Å². The van der Waals surface area contributed by atoms with E-state index in [4.69, 9.17) is 14.1 Å². The molecule has 0 aliphatic carbocycles. The first-order valence-corrected chi connectivity index (χ1v) is 13.4. The van der Waals surface area contributed by atoms with Gasteiger partial charge in [0.25, 0.3) is 0 Å². The van der Waals surface area contributed by atoms with E-state index >= 15 is 0 Å². The summed E-state index contributed by atoms with van der Waals surface area (Å²) in [5, 5.41) is 4.36. The summed E-state index contributed by atoms with van der Waals surface area (Å²) in [6.45, 7) is 7.51. The van der Waals surface area contributed by atoms with Gasteiger partial charge in [0, 0.05) is 41.9 Å². The van der Waals surface area contributed by atoms with Crippen LogP contribution in [0.15, 0.2) is 35.0 Å². The van der Waals surface area contributed by atoms with Crippen LogP contribution in [0.2, 0.25) is 6.04 Å². The van der Waals surface area contributed by atoms with Gasteiger partial charge in [-0.15, -0.1) is 0 Å². The second kappa shape index (κ2) is 8.35. The molecule has 2 fully saturated rings. The van der Waals surface area contributed by atoms with Crippen molar-refractivity contribution in [2.24, 2.45) is 0 Å². The van der Waals surface area contributed by atoms with Gasteiger partial charge in [0.2, 0.25) is 20.3 Å². The first kappa shape index (κ1) is 22.0. The molecule has 0 aromatic carbocycles. The normalized spacial score (nSPS) is 22.6. The first-order chi connectivity index (χ1) is 16.9. The van der Waals surface area contributed by atoms with Crippen molar-refractivity contribution in [2.75, 3.05) is 23.3 Å². The number of carbonyl (C=O) groups excluding carboxylic acids is 1. The highest BCUT2D eigenvalue weighted by molar-refractivity contribution is 6.99. The second-order valence-electron chi connectivity index (χ2n) is 9.20. The SMILES string of the molecule is Cc1ncc(-c2nc3nc(N4C[C@@H](C)O[C@@H](C)C4)ccc3o2)c2cc(NC(=O)[Si]3C[C@@H]3F)ncc12. The molecular weight excluding hydrogens is 467 g/mol. The fourth-order valence-corrected chi connectivity index (χ4v) is 5.87. The van der Waals surface area contributed by atoms with Crippen LogP contribution in [0.1, 0.15) is 19.5 Å². The molecule has 0 saturated carbocycles. The number of aryl methyl sites for hydroxylation is 1. The van der Waals surface area contributed by atoms with Gasteiger partial charge in [-0.25, -0.2) is 9.97 Å². The summed E-state index contributed by atoms with van der Waals surface area (Å²) >= 11 is 0. The molecule has 0 spiro atoms. The Morgan fingerprint density at radius 3 is 2.66 bits per heavy atom. The van der Waals surface area contributed by atoms with E-state index < -0.39 is 14.6 Å². The number of nitrogens with zero attached hydrogens (tertiary/aromatic N) is 5. The van der Waals surface area contributed by atoms with Gasteiger partial charge >= 0.3 is 0 Å². The molecular formula is C24H24FN6O3Si. The number of nitrogens with one attached hydrogen (secondary N) is 1. The maximum absolute atomic E-state index is 13.3. The Morgan fingerprint density at radius 2 is 1.91 bits per heavy atom. The van der Waals surface area contributed by atoms with E-state index in [9.17, 15) is 9.18 Å². The summed E-state index contributed by atoms with van der Waals surface area (Å²) in [5.41, 5.74) is 2.28. The average molecular weight is 492 g/mol. The summed E-state index contributed by atoms with van der Waals surface area (Å²) in [7, 11) is -1.62. The molecule has 3 atom stereocenters. The minimum atomic E-state index is -1.62. The Hall–Kier alpha value is -3.44. The molecule has 1 amide bonds. The van der Waals surface area contributed by atoms with E-state index in [0.29, 0.717) is 34.5 Å². The van der Waals surface area contributed by atoms with Crippen molar-refractivity contribution in [3.63, 3.8) is 0 Å². The molecule has 11 heteroatoms. The quantitative estimate of drug-likeness (QED) is 0.422. The van der Waals surface area contributed by atoms with Crippen molar-refractivity contribution in [3.8, 4) is 11.5 Å². The van der Waals surface area contributed by atoms with E-state index in [1.165, 1.54) is 0 Å². The molecule has 35 heavy (non-hydrogen) atoms. The van der Waals surface area contributed by atoms with Gasteiger partial charge in [-0.3, -0.25) is 14.2 Å². The number of ether oxygens (including phenoxy) is 1. The number of rotatable bonds is 4. The fourth-order valence-electron chi connectivity index (χ4n) is 4.54. The van der Waals surface area contributed by atoms with E-state index in [1.54, 1.807) is 18.5 Å². The third-order valence-corrected chi connectivity index (χ3v) is 8.28. The minimum absolute atomic E-state index is 0.120. The number of alkyl halides is 1. The number of hydrogen-bond donors (Lipinski definition) is 1. The highest BCUT2D eigenvalue weighted by atomic mass is 28.3. The Morgan fingerprint density at radius 1 is 1.14 bits per heavy atom. The smallest absolute Gasteiger partial charge is 0.231 e. The number of aromatic nitrogens is 4. The van der Waals surface area contributed by atoms with Crippen molar-refractivity contribution in [1.29, 1.82) is 0 Å². The lowest BCUT2D eigenvalue weighted by atomic mass is 10.1. The molecule has 6 heterocycles. The van der Waals surface area contributed by atoms with Gasteiger partial charge in [-0.1, -0.05) is 0 Å². The summed E-state index contributed by atoms with van der Waals surface area (Å²) in [4.78, 5) is 32.7. The van der Waals surface area contributed by atoms with Crippen LogP contribution in [0.3, 0.4) is 0 Å². The van der Waals surface area contributed by atoms with Crippen LogP contribution in [0.5, 0.6) is 0 Å². The zero-order valence-corrected chi connectivity index (χ0v) is 20.6. The molecule has 2 aliphatic rings. The fraction of sp³-hybridized carbons (Fsp3) is 0.375. The number of pyridine rings is 3. The summed E-state index contributed by atoms with van der Waals surface area (Å²) < 4.78 is 25.2. The Kier molecular flexibility index (Phi) is 5.26. The van der Waals surface area contributed by atoms with Crippen LogP contribution in [-0.4, -0.2) is 65.4 Å². The molecule has 0 bridgehead atoms. The van der Waals surface area contributed by atoms with E-state index in [2.05, 4.69) is 39.0 Å². The average Bonchev–Trinajstić information content (AvgIpc) is 3.41.